The SMILES string of the molecule is C=C(/C=C/C=C/C=C(C)C)CC. The maximum Gasteiger partial charge on any atom is -0.0313 e. The molecule has 0 aliphatic rings. The lowest BCUT2D eigenvalue weighted by molar-refractivity contribution is 1.16. The van der Waals surface area contributed by atoms with Gasteiger partial charge in [0, 0.05) is 0 Å². The third-order valence-electron chi connectivity index (χ3n) is 1.44. The minimum atomic E-state index is 1.02. The summed E-state index contributed by atoms with van der Waals surface area (Å²) in [6.45, 7) is 10.1. The first-order chi connectivity index (χ1) is 5.66. The highest BCUT2D eigenvalue weighted by atomic mass is 13.8. The molecule has 0 fully saturated rings. The molecule has 0 saturated heterocycles. The van der Waals surface area contributed by atoms with Crippen LogP contribution >= 0.6 is 0 Å². The zero-order chi connectivity index (χ0) is 9.40. The van der Waals surface area contributed by atoms with E-state index in [2.05, 4.69) is 33.4 Å². The van der Waals surface area contributed by atoms with E-state index in [9.17, 15) is 0 Å². The van der Waals surface area contributed by atoms with Gasteiger partial charge in [-0.3, -0.25) is 0 Å². The predicted molar refractivity (Wildman–Crippen MR) is 57.1 cm³/mol. The van der Waals surface area contributed by atoms with Crippen molar-refractivity contribution in [3.8, 4) is 0 Å². The van der Waals surface area contributed by atoms with Gasteiger partial charge in [-0.25, -0.2) is 0 Å². The lowest BCUT2D eigenvalue weighted by atomic mass is 10.2. The maximum absolute atomic E-state index is 3.87. The summed E-state index contributed by atoms with van der Waals surface area (Å²) < 4.78 is 0. The van der Waals surface area contributed by atoms with E-state index in [1.54, 1.807) is 0 Å². The second-order valence-corrected chi connectivity index (χ2v) is 3.00. The summed E-state index contributed by atoms with van der Waals surface area (Å²) in [5.74, 6) is 0. The topological polar surface area (TPSA) is 0 Å². The van der Waals surface area contributed by atoms with Crippen molar-refractivity contribution in [2.45, 2.75) is 27.2 Å². The highest BCUT2D eigenvalue weighted by molar-refractivity contribution is 5.21. The fourth-order valence-corrected chi connectivity index (χ4v) is 0.622. The van der Waals surface area contributed by atoms with Crippen LogP contribution in [0.5, 0.6) is 0 Å². The molecule has 0 amide bonds. The minimum Gasteiger partial charge on any atom is -0.0958 e. The van der Waals surface area contributed by atoms with Gasteiger partial charge in [-0.05, 0) is 20.3 Å². The van der Waals surface area contributed by atoms with Gasteiger partial charge in [0.2, 0.25) is 0 Å². The lowest BCUT2D eigenvalue weighted by Gasteiger charge is -1.87. The molecule has 0 heteroatoms. The van der Waals surface area contributed by atoms with Crippen LogP contribution in [0, 0.1) is 0 Å². The summed E-state index contributed by atoms with van der Waals surface area (Å²) >= 11 is 0. The Labute approximate surface area is 76.0 Å². The molecule has 0 nitrogen and oxygen atoms in total. The Balaban J connectivity index is 3.82. The Kier molecular flexibility index (Phi) is 6.08. The zero-order valence-electron chi connectivity index (χ0n) is 8.30. The molecule has 0 saturated carbocycles. The van der Waals surface area contributed by atoms with Crippen molar-refractivity contribution >= 4 is 0 Å². The summed E-state index contributed by atoms with van der Waals surface area (Å²) in [6, 6.07) is 0. The van der Waals surface area contributed by atoms with Gasteiger partial charge in [0.25, 0.3) is 0 Å². The fraction of sp³-hybridized carbons (Fsp3) is 0.333. The average molecular weight is 162 g/mol. The molecule has 0 atom stereocenters. The van der Waals surface area contributed by atoms with E-state index in [1.165, 1.54) is 5.57 Å². The Hall–Kier alpha value is -1.04. The van der Waals surface area contributed by atoms with Crippen LogP contribution < -0.4 is 0 Å². The van der Waals surface area contributed by atoms with Crippen molar-refractivity contribution in [1.82, 2.24) is 0 Å². The number of allylic oxidation sites excluding steroid dienone is 7. The molecule has 0 heterocycles. The second kappa shape index (κ2) is 6.66. The molecule has 0 aromatic heterocycles. The van der Waals surface area contributed by atoms with E-state index in [-0.39, 0.29) is 0 Å². The highest BCUT2D eigenvalue weighted by Gasteiger charge is 1.77. The van der Waals surface area contributed by atoms with Gasteiger partial charge in [-0.1, -0.05) is 55.0 Å². The second-order valence-electron chi connectivity index (χ2n) is 3.00. The molecule has 0 radical (unpaired) electrons. The van der Waals surface area contributed by atoms with Gasteiger partial charge in [0.1, 0.15) is 0 Å². The predicted octanol–water partition coefficient (Wildman–Crippen LogP) is 4.03. The van der Waals surface area contributed by atoms with Gasteiger partial charge in [0.05, 0.1) is 0 Å². The van der Waals surface area contributed by atoms with Crippen molar-refractivity contribution in [3.63, 3.8) is 0 Å². The molecule has 0 aromatic carbocycles. The van der Waals surface area contributed by atoms with Crippen LogP contribution in [0.4, 0.5) is 0 Å². The van der Waals surface area contributed by atoms with Crippen molar-refractivity contribution in [3.05, 3.63) is 48.1 Å². The largest absolute Gasteiger partial charge is 0.0958 e. The van der Waals surface area contributed by atoms with Crippen LogP contribution in [-0.4, -0.2) is 0 Å². The van der Waals surface area contributed by atoms with E-state index < -0.39 is 0 Å². The van der Waals surface area contributed by atoms with Gasteiger partial charge < -0.3 is 0 Å². The Morgan fingerprint density at radius 3 is 2.33 bits per heavy atom. The Morgan fingerprint density at radius 1 is 1.17 bits per heavy atom. The molecule has 0 spiro atoms. The standard InChI is InChI=1S/C12H18/c1-5-12(4)10-8-6-7-9-11(2)3/h6-10H,4-5H2,1-3H3/b7-6+,10-8+. The molecular weight excluding hydrogens is 144 g/mol. The molecule has 0 unspecified atom stereocenters. The highest BCUT2D eigenvalue weighted by Crippen LogP contribution is 1.97. The molecule has 0 aliphatic heterocycles. The molecule has 66 valence electrons. The number of hydrogen-bond acceptors (Lipinski definition) is 0. The smallest absolute Gasteiger partial charge is 0.0313 e. The summed E-state index contributed by atoms with van der Waals surface area (Å²) in [4.78, 5) is 0. The average Bonchev–Trinajstić information content (AvgIpc) is 2.03. The summed E-state index contributed by atoms with van der Waals surface area (Å²) in [5, 5.41) is 0. The third kappa shape index (κ3) is 7.07. The van der Waals surface area contributed by atoms with Crippen molar-refractivity contribution in [2.75, 3.05) is 0 Å². The van der Waals surface area contributed by atoms with Crippen molar-refractivity contribution in [2.24, 2.45) is 0 Å². The maximum atomic E-state index is 3.87. The zero-order valence-corrected chi connectivity index (χ0v) is 8.30. The van der Waals surface area contributed by atoms with Crippen LogP contribution in [0.2, 0.25) is 0 Å². The van der Waals surface area contributed by atoms with Crippen LogP contribution in [0.15, 0.2) is 48.1 Å². The quantitative estimate of drug-likeness (QED) is 0.547. The fourth-order valence-electron chi connectivity index (χ4n) is 0.622. The first-order valence-corrected chi connectivity index (χ1v) is 4.32. The molecule has 12 heavy (non-hydrogen) atoms. The van der Waals surface area contributed by atoms with Gasteiger partial charge in [-0.2, -0.15) is 0 Å². The van der Waals surface area contributed by atoms with Crippen LogP contribution in [0.3, 0.4) is 0 Å². The summed E-state index contributed by atoms with van der Waals surface area (Å²) in [5.41, 5.74) is 2.48. The van der Waals surface area contributed by atoms with Crippen molar-refractivity contribution in [1.29, 1.82) is 0 Å². The van der Waals surface area contributed by atoms with E-state index in [1.807, 2.05) is 24.3 Å². The van der Waals surface area contributed by atoms with Gasteiger partial charge in [-0.15, -0.1) is 0 Å². The van der Waals surface area contributed by atoms with E-state index in [0.717, 1.165) is 12.0 Å². The van der Waals surface area contributed by atoms with Crippen molar-refractivity contribution < 1.29 is 0 Å². The van der Waals surface area contributed by atoms with Crippen LogP contribution in [-0.2, 0) is 0 Å². The Morgan fingerprint density at radius 2 is 1.83 bits per heavy atom. The first kappa shape index (κ1) is 11.0. The van der Waals surface area contributed by atoms with Gasteiger partial charge in [0.15, 0.2) is 0 Å². The van der Waals surface area contributed by atoms with E-state index in [0.29, 0.717) is 0 Å². The van der Waals surface area contributed by atoms with E-state index in [4.69, 9.17) is 0 Å². The molecule has 0 bridgehead atoms. The molecule has 0 N–H and O–H groups in total. The molecule has 0 rings (SSSR count). The number of hydrogen-bond donors (Lipinski definition) is 0. The Bertz CT molecular complexity index is 210. The monoisotopic (exact) mass is 162 g/mol. The van der Waals surface area contributed by atoms with Crippen LogP contribution in [0.25, 0.3) is 0 Å². The van der Waals surface area contributed by atoms with E-state index >= 15 is 0 Å². The molecular formula is C12H18. The normalized spacial score (nSPS) is 10.9. The van der Waals surface area contributed by atoms with Gasteiger partial charge >= 0.3 is 0 Å². The molecule has 0 aromatic rings. The van der Waals surface area contributed by atoms with Crippen LogP contribution in [0.1, 0.15) is 27.2 Å². The number of rotatable bonds is 4. The third-order valence-corrected chi connectivity index (χ3v) is 1.44. The summed E-state index contributed by atoms with van der Waals surface area (Å²) in [7, 11) is 0. The summed E-state index contributed by atoms with van der Waals surface area (Å²) in [6.07, 6.45) is 11.2. The lowest BCUT2D eigenvalue weighted by Crippen LogP contribution is -1.66. The minimum absolute atomic E-state index is 1.02. The first-order valence-electron chi connectivity index (χ1n) is 4.32. The molecule has 0 aliphatic carbocycles.